The van der Waals surface area contributed by atoms with E-state index in [-0.39, 0.29) is 29.8 Å². The third-order valence-electron chi connectivity index (χ3n) is 4.34. The minimum Gasteiger partial charge on any atom is -0.385 e. The number of hydrogen-bond donors (Lipinski definition) is 2. The molecule has 18 heavy (non-hydrogen) atoms. The van der Waals surface area contributed by atoms with E-state index in [2.05, 4.69) is 5.32 Å². The summed E-state index contributed by atoms with van der Waals surface area (Å²) in [6.07, 6.45) is 6.44. The molecule has 2 fully saturated rings. The summed E-state index contributed by atoms with van der Waals surface area (Å²) in [5.74, 6) is 0.839. The number of carbonyl (C=O) groups excluding carboxylic acids is 1. The molecule has 5 heteroatoms. The second-order valence-corrected chi connectivity index (χ2v) is 5.53. The summed E-state index contributed by atoms with van der Waals surface area (Å²) in [5.41, 5.74) is 5.57. The van der Waals surface area contributed by atoms with Crippen molar-refractivity contribution in [3.05, 3.63) is 0 Å². The topological polar surface area (TPSA) is 64.3 Å². The Morgan fingerprint density at radius 2 is 2.17 bits per heavy atom. The predicted molar refractivity (Wildman–Crippen MR) is 73.7 cm³/mol. The molecule has 2 aliphatic carbocycles. The van der Waals surface area contributed by atoms with E-state index in [0.29, 0.717) is 19.1 Å². The Labute approximate surface area is 115 Å². The zero-order chi connectivity index (χ0) is 12.3. The van der Waals surface area contributed by atoms with Crippen molar-refractivity contribution in [1.29, 1.82) is 0 Å². The molecule has 1 unspecified atom stereocenters. The summed E-state index contributed by atoms with van der Waals surface area (Å²) in [7, 11) is 1.69. The molecule has 0 heterocycles. The van der Waals surface area contributed by atoms with E-state index < -0.39 is 0 Å². The lowest BCUT2D eigenvalue weighted by Crippen LogP contribution is -2.52. The van der Waals surface area contributed by atoms with Gasteiger partial charge in [0.25, 0.3) is 0 Å². The molecule has 0 radical (unpaired) electrons. The van der Waals surface area contributed by atoms with Gasteiger partial charge in [-0.1, -0.05) is 6.42 Å². The summed E-state index contributed by atoms with van der Waals surface area (Å²) >= 11 is 0. The van der Waals surface area contributed by atoms with E-state index in [1.165, 1.54) is 12.8 Å². The molecule has 106 valence electrons. The van der Waals surface area contributed by atoms with Crippen LogP contribution in [0.1, 0.15) is 38.5 Å². The van der Waals surface area contributed by atoms with Crippen LogP contribution in [0.3, 0.4) is 0 Å². The van der Waals surface area contributed by atoms with Gasteiger partial charge < -0.3 is 15.8 Å². The van der Waals surface area contributed by atoms with Gasteiger partial charge in [-0.25, -0.2) is 0 Å². The summed E-state index contributed by atoms with van der Waals surface area (Å²) < 4.78 is 5.11. The van der Waals surface area contributed by atoms with Crippen LogP contribution in [0.15, 0.2) is 0 Å². The van der Waals surface area contributed by atoms with Crippen LogP contribution in [0.25, 0.3) is 0 Å². The van der Waals surface area contributed by atoms with Gasteiger partial charge in [0.05, 0.1) is 5.41 Å². The highest BCUT2D eigenvalue weighted by Gasteiger charge is 2.45. The van der Waals surface area contributed by atoms with Gasteiger partial charge in [0, 0.05) is 26.3 Å². The maximum Gasteiger partial charge on any atom is 0.226 e. The van der Waals surface area contributed by atoms with Crippen molar-refractivity contribution in [3.63, 3.8) is 0 Å². The minimum absolute atomic E-state index is 0. The van der Waals surface area contributed by atoms with Gasteiger partial charge in [0.2, 0.25) is 5.91 Å². The Balaban J connectivity index is 0.00000162. The standard InChI is InChI=1S/C13H24N2O2.ClH/c1-17-8-7-13(5-2-6-13)12(16)15-11(9-14)10-3-4-10;/h10-11H,2-9,14H2,1H3,(H,15,16);1H. The Morgan fingerprint density at radius 3 is 2.56 bits per heavy atom. The van der Waals surface area contributed by atoms with Crippen LogP contribution in [0.5, 0.6) is 0 Å². The fraction of sp³-hybridized carbons (Fsp3) is 0.923. The average Bonchev–Trinajstić information content (AvgIpc) is 3.08. The van der Waals surface area contributed by atoms with E-state index in [9.17, 15) is 4.79 Å². The lowest BCUT2D eigenvalue weighted by Gasteiger charge is -2.41. The Kier molecular flexibility index (Phi) is 5.89. The van der Waals surface area contributed by atoms with Crippen LogP contribution in [-0.2, 0) is 9.53 Å². The number of carbonyl (C=O) groups is 1. The number of rotatable bonds is 7. The van der Waals surface area contributed by atoms with Crippen molar-refractivity contribution in [3.8, 4) is 0 Å². The highest BCUT2D eigenvalue weighted by Crippen LogP contribution is 2.44. The first-order chi connectivity index (χ1) is 8.22. The Hall–Kier alpha value is -0.320. The van der Waals surface area contributed by atoms with E-state index in [0.717, 1.165) is 25.7 Å². The molecule has 2 saturated carbocycles. The first-order valence-corrected chi connectivity index (χ1v) is 6.72. The summed E-state index contributed by atoms with van der Waals surface area (Å²) in [6, 6.07) is 0.197. The van der Waals surface area contributed by atoms with Gasteiger partial charge in [-0.15, -0.1) is 12.4 Å². The fourth-order valence-corrected chi connectivity index (χ4v) is 2.68. The number of methoxy groups -OCH3 is 1. The van der Waals surface area contributed by atoms with Crippen LogP contribution < -0.4 is 11.1 Å². The summed E-state index contributed by atoms with van der Waals surface area (Å²) in [4.78, 5) is 12.3. The van der Waals surface area contributed by atoms with Crippen LogP contribution in [0, 0.1) is 11.3 Å². The van der Waals surface area contributed by atoms with Crippen LogP contribution in [0.4, 0.5) is 0 Å². The van der Waals surface area contributed by atoms with E-state index in [1.54, 1.807) is 7.11 Å². The highest BCUT2D eigenvalue weighted by molar-refractivity contribution is 5.85. The molecule has 0 aromatic carbocycles. The molecular formula is C13H25ClN2O2. The van der Waals surface area contributed by atoms with Crippen LogP contribution >= 0.6 is 12.4 Å². The number of nitrogens with two attached hydrogens (primary N) is 1. The quantitative estimate of drug-likeness (QED) is 0.740. The van der Waals surface area contributed by atoms with Crippen molar-refractivity contribution >= 4 is 18.3 Å². The second-order valence-electron chi connectivity index (χ2n) is 5.53. The molecule has 0 aromatic rings. The number of halogens is 1. The molecule has 1 amide bonds. The van der Waals surface area contributed by atoms with Gasteiger partial charge in [-0.05, 0) is 38.0 Å². The smallest absolute Gasteiger partial charge is 0.226 e. The molecule has 2 rings (SSSR count). The SMILES string of the molecule is COCCC1(C(=O)NC(CN)C2CC2)CCC1.Cl. The van der Waals surface area contributed by atoms with E-state index in [1.807, 2.05) is 0 Å². The van der Waals surface area contributed by atoms with Crippen molar-refractivity contribution in [2.24, 2.45) is 17.1 Å². The second kappa shape index (κ2) is 6.73. The van der Waals surface area contributed by atoms with Crippen LogP contribution in [-0.4, -0.2) is 32.2 Å². The lowest BCUT2D eigenvalue weighted by atomic mass is 9.66. The summed E-state index contributed by atoms with van der Waals surface area (Å²) in [6.45, 7) is 1.24. The first kappa shape index (κ1) is 15.7. The third-order valence-corrected chi connectivity index (χ3v) is 4.34. The van der Waals surface area contributed by atoms with Crippen molar-refractivity contribution in [2.75, 3.05) is 20.3 Å². The van der Waals surface area contributed by atoms with Gasteiger partial charge in [0.15, 0.2) is 0 Å². The monoisotopic (exact) mass is 276 g/mol. The Morgan fingerprint density at radius 1 is 1.50 bits per heavy atom. The van der Waals surface area contributed by atoms with Gasteiger partial charge in [-0.3, -0.25) is 4.79 Å². The van der Waals surface area contributed by atoms with Crippen molar-refractivity contribution in [2.45, 2.75) is 44.6 Å². The normalized spacial score (nSPS) is 22.6. The number of ether oxygens (including phenoxy) is 1. The first-order valence-electron chi connectivity index (χ1n) is 6.72. The molecule has 4 nitrogen and oxygen atoms in total. The molecule has 0 spiro atoms. The highest BCUT2D eigenvalue weighted by atomic mass is 35.5. The third kappa shape index (κ3) is 3.37. The molecule has 3 N–H and O–H groups in total. The fourth-order valence-electron chi connectivity index (χ4n) is 2.68. The molecule has 0 aliphatic heterocycles. The zero-order valence-electron chi connectivity index (χ0n) is 11.1. The maximum atomic E-state index is 12.3. The van der Waals surface area contributed by atoms with Gasteiger partial charge in [-0.2, -0.15) is 0 Å². The lowest BCUT2D eigenvalue weighted by molar-refractivity contribution is -0.138. The largest absolute Gasteiger partial charge is 0.385 e. The van der Waals surface area contributed by atoms with Crippen molar-refractivity contribution < 1.29 is 9.53 Å². The molecule has 2 aliphatic rings. The predicted octanol–water partition coefficient (Wildman–Crippen LogP) is 1.47. The molecule has 0 aromatic heterocycles. The molecule has 1 atom stereocenters. The molecule has 0 saturated heterocycles. The average molecular weight is 277 g/mol. The van der Waals surface area contributed by atoms with E-state index >= 15 is 0 Å². The Bertz CT molecular complexity index is 278. The van der Waals surface area contributed by atoms with Gasteiger partial charge >= 0.3 is 0 Å². The maximum absolute atomic E-state index is 12.3. The summed E-state index contributed by atoms with van der Waals surface area (Å²) in [5, 5.41) is 3.16. The zero-order valence-corrected chi connectivity index (χ0v) is 11.9. The minimum atomic E-state index is -0.154. The molecular weight excluding hydrogens is 252 g/mol. The number of amides is 1. The van der Waals surface area contributed by atoms with Crippen LogP contribution in [0.2, 0.25) is 0 Å². The van der Waals surface area contributed by atoms with E-state index in [4.69, 9.17) is 10.5 Å². The number of hydrogen-bond acceptors (Lipinski definition) is 3. The molecule has 0 bridgehead atoms. The van der Waals surface area contributed by atoms with Gasteiger partial charge in [0.1, 0.15) is 0 Å². The van der Waals surface area contributed by atoms with Crippen molar-refractivity contribution in [1.82, 2.24) is 5.32 Å². The number of nitrogens with one attached hydrogen (secondary N) is 1.